The maximum absolute atomic E-state index is 12.6. The molecule has 1 fully saturated rings. The molecule has 1 aliphatic rings. The van der Waals surface area contributed by atoms with Gasteiger partial charge in [-0.1, -0.05) is 36.0 Å². The zero-order chi connectivity index (χ0) is 26.0. The Morgan fingerprint density at radius 2 is 1.81 bits per heavy atom. The standard InChI is InChI=1S/C24H23N5O6S/c1-11-4-3-5-15(12(11)2)25-17(31)10-16-20(32)29-24(36-16)26-19(13-6-8-14(30)9-7-13)18-21(33)27-23(35)28-22(18)34/h3-9,16,19,30H,10H2,1-2H3,(H,25,31)(H,26,29,32)(H3,27,28,33,34,35)/t16-,19+/m0/s1. The van der Waals surface area contributed by atoms with Gasteiger partial charge in [0.25, 0.3) is 5.56 Å². The average molecular weight is 510 g/mol. The van der Waals surface area contributed by atoms with Crippen LogP contribution in [-0.4, -0.2) is 42.4 Å². The molecule has 2 aromatic carbocycles. The van der Waals surface area contributed by atoms with Gasteiger partial charge in [-0.15, -0.1) is 0 Å². The summed E-state index contributed by atoms with van der Waals surface area (Å²) >= 11 is 1.01. The van der Waals surface area contributed by atoms with Crippen LogP contribution < -0.4 is 21.9 Å². The lowest BCUT2D eigenvalue weighted by atomic mass is 10.0. The second-order valence-electron chi connectivity index (χ2n) is 8.19. The molecule has 4 rings (SSSR count). The van der Waals surface area contributed by atoms with Crippen molar-refractivity contribution in [2.45, 2.75) is 31.6 Å². The number of hydrogen-bond acceptors (Lipinski definition) is 8. The predicted octanol–water partition coefficient (Wildman–Crippen LogP) is 1.80. The van der Waals surface area contributed by atoms with Crippen LogP contribution in [0.1, 0.15) is 34.7 Å². The number of phenolic OH excluding ortho intramolecular Hbond substituents is 1. The summed E-state index contributed by atoms with van der Waals surface area (Å²) in [6.07, 6.45) is -0.114. The topological polar surface area (TPSA) is 177 Å². The summed E-state index contributed by atoms with van der Waals surface area (Å²) in [6.45, 7) is 3.83. The zero-order valence-corrected chi connectivity index (χ0v) is 20.1. The number of aromatic amines is 2. The van der Waals surface area contributed by atoms with E-state index in [0.717, 1.165) is 22.9 Å². The molecule has 186 valence electrons. The number of aromatic hydroxyl groups is 2. The summed E-state index contributed by atoms with van der Waals surface area (Å²) in [6, 6.07) is 10.2. The first-order valence-electron chi connectivity index (χ1n) is 10.9. The Hall–Kier alpha value is -4.32. The molecular weight excluding hydrogens is 486 g/mol. The van der Waals surface area contributed by atoms with Crippen molar-refractivity contribution < 1.29 is 19.8 Å². The minimum Gasteiger partial charge on any atom is -0.508 e. The molecule has 6 N–H and O–H groups in total. The van der Waals surface area contributed by atoms with Crippen molar-refractivity contribution in [3.05, 3.63) is 85.6 Å². The van der Waals surface area contributed by atoms with Crippen molar-refractivity contribution in [1.82, 2.24) is 15.3 Å². The highest BCUT2D eigenvalue weighted by Crippen LogP contribution is 2.32. The first-order valence-corrected chi connectivity index (χ1v) is 11.8. The largest absolute Gasteiger partial charge is 0.508 e. The number of benzene rings is 2. The van der Waals surface area contributed by atoms with E-state index in [2.05, 4.69) is 20.6 Å². The van der Waals surface area contributed by atoms with Gasteiger partial charge >= 0.3 is 5.69 Å². The van der Waals surface area contributed by atoms with Crippen LogP contribution in [-0.2, 0) is 9.59 Å². The van der Waals surface area contributed by atoms with Crippen LogP contribution in [0.2, 0.25) is 0 Å². The summed E-state index contributed by atoms with van der Waals surface area (Å²) in [5, 5.41) is 24.7. The molecule has 11 nitrogen and oxygen atoms in total. The number of aliphatic imine (C=N–C) groups is 1. The number of carbonyl (C=O) groups excluding carboxylic acids is 2. The minimum atomic E-state index is -1.13. The number of carbonyl (C=O) groups is 2. The van der Waals surface area contributed by atoms with Crippen molar-refractivity contribution in [3.63, 3.8) is 0 Å². The van der Waals surface area contributed by atoms with Gasteiger partial charge in [-0.2, -0.15) is 0 Å². The number of rotatable bonds is 6. The van der Waals surface area contributed by atoms with Crippen LogP contribution in [0.25, 0.3) is 0 Å². The maximum atomic E-state index is 12.6. The highest BCUT2D eigenvalue weighted by atomic mass is 32.2. The fraction of sp³-hybridized carbons (Fsp3) is 0.208. The monoisotopic (exact) mass is 509 g/mol. The number of amidine groups is 1. The van der Waals surface area contributed by atoms with E-state index in [9.17, 15) is 29.4 Å². The number of H-pyrrole nitrogens is 2. The fourth-order valence-corrected chi connectivity index (χ4v) is 4.67. The molecule has 1 saturated heterocycles. The van der Waals surface area contributed by atoms with Crippen LogP contribution in [0.3, 0.4) is 0 Å². The van der Waals surface area contributed by atoms with Gasteiger partial charge in [0.2, 0.25) is 17.7 Å². The molecule has 2 heterocycles. The smallest absolute Gasteiger partial charge is 0.328 e. The molecule has 0 spiro atoms. The number of hydrogen-bond donors (Lipinski definition) is 6. The lowest BCUT2D eigenvalue weighted by molar-refractivity contribution is -0.122. The number of thioether (sulfide) groups is 1. The van der Waals surface area contributed by atoms with Crippen LogP contribution >= 0.6 is 11.8 Å². The van der Waals surface area contributed by atoms with Crippen LogP contribution in [0.5, 0.6) is 11.6 Å². The van der Waals surface area contributed by atoms with Crippen LogP contribution in [0.15, 0.2) is 57.0 Å². The van der Waals surface area contributed by atoms with Gasteiger partial charge < -0.3 is 20.8 Å². The van der Waals surface area contributed by atoms with Crippen molar-refractivity contribution in [2.24, 2.45) is 4.99 Å². The molecule has 1 aromatic heterocycles. The number of amides is 2. The zero-order valence-electron chi connectivity index (χ0n) is 19.3. The third-order valence-electron chi connectivity index (χ3n) is 5.71. The molecule has 2 amide bonds. The third-order valence-corrected chi connectivity index (χ3v) is 6.81. The summed E-state index contributed by atoms with van der Waals surface area (Å²) < 4.78 is 0. The highest BCUT2D eigenvalue weighted by molar-refractivity contribution is 8.15. The second kappa shape index (κ2) is 10.1. The quantitative estimate of drug-likeness (QED) is 0.293. The van der Waals surface area contributed by atoms with Crippen molar-refractivity contribution >= 4 is 34.4 Å². The normalized spacial score (nSPS) is 17.1. The van der Waals surface area contributed by atoms with Gasteiger partial charge in [0.1, 0.15) is 22.6 Å². The van der Waals surface area contributed by atoms with E-state index in [1.807, 2.05) is 31.0 Å². The molecule has 3 aromatic rings. The number of aromatic nitrogens is 2. The van der Waals surface area contributed by atoms with Crippen LogP contribution in [0.4, 0.5) is 5.69 Å². The van der Waals surface area contributed by atoms with Gasteiger partial charge in [0.15, 0.2) is 5.17 Å². The molecule has 2 atom stereocenters. The van der Waals surface area contributed by atoms with Crippen molar-refractivity contribution in [2.75, 3.05) is 5.32 Å². The SMILES string of the molecule is Cc1cccc(NC(=O)C[C@@H]2SC(=N[C@H](c3ccc(O)cc3)c3c(O)[nH]c(=O)[nH]c3=O)NC2=O)c1C. The van der Waals surface area contributed by atoms with Crippen LogP contribution in [0, 0.1) is 13.8 Å². The minimum absolute atomic E-state index is 0.0248. The number of nitrogens with zero attached hydrogens (tertiary/aromatic N) is 1. The Balaban J connectivity index is 1.59. The van der Waals surface area contributed by atoms with E-state index >= 15 is 0 Å². The first kappa shape index (κ1) is 24.8. The Labute approximate surface area is 208 Å². The lowest BCUT2D eigenvalue weighted by Crippen LogP contribution is -2.29. The Bertz CT molecular complexity index is 1480. The molecule has 0 bridgehead atoms. The second-order valence-corrected chi connectivity index (χ2v) is 9.39. The molecule has 1 aliphatic heterocycles. The molecule has 0 aliphatic carbocycles. The van der Waals surface area contributed by atoms with E-state index in [-0.39, 0.29) is 28.8 Å². The van der Waals surface area contributed by atoms with E-state index in [1.54, 1.807) is 6.07 Å². The third kappa shape index (κ3) is 5.33. The Morgan fingerprint density at radius 3 is 2.50 bits per heavy atom. The van der Waals surface area contributed by atoms with Gasteiger partial charge in [-0.05, 0) is 48.7 Å². The van der Waals surface area contributed by atoms with E-state index in [4.69, 9.17) is 0 Å². The summed E-state index contributed by atoms with van der Waals surface area (Å²) in [5.41, 5.74) is 1.01. The maximum Gasteiger partial charge on any atom is 0.328 e. The average Bonchev–Trinajstić information content (AvgIpc) is 3.14. The van der Waals surface area contributed by atoms with Gasteiger partial charge in [-0.25, -0.2) is 9.79 Å². The lowest BCUT2D eigenvalue weighted by Gasteiger charge is -2.14. The Kier molecular flexibility index (Phi) is 6.97. The van der Waals surface area contributed by atoms with Gasteiger partial charge in [-0.3, -0.25) is 24.4 Å². The predicted molar refractivity (Wildman–Crippen MR) is 135 cm³/mol. The van der Waals surface area contributed by atoms with Gasteiger partial charge in [0, 0.05) is 12.1 Å². The molecule has 0 unspecified atom stereocenters. The van der Waals surface area contributed by atoms with E-state index in [0.29, 0.717) is 11.3 Å². The van der Waals surface area contributed by atoms with E-state index < -0.39 is 34.3 Å². The number of aryl methyl sites for hydroxylation is 1. The highest BCUT2D eigenvalue weighted by Gasteiger charge is 2.34. The van der Waals surface area contributed by atoms with E-state index in [1.165, 1.54) is 24.3 Å². The molecule has 0 radical (unpaired) electrons. The number of phenols is 1. The first-order chi connectivity index (χ1) is 17.1. The van der Waals surface area contributed by atoms with Crippen molar-refractivity contribution in [1.29, 1.82) is 0 Å². The number of nitrogens with one attached hydrogen (secondary N) is 4. The van der Waals surface area contributed by atoms with Crippen molar-refractivity contribution in [3.8, 4) is 11.6 Å². The fourth-order valence-electron chi connectivity index (χ4n) is 3.67. The molecule has 0 saturated carbocycles. The summed E-state index contributed by atoms with van der Waals surface area (Å²) in [4.78, 5) is 57.9. The number of anilines is 1. The Morgan fingerprint density at radius 1 is 1.08 bits per heavy atom. The summed E-state index contributed by atoms with van der Waals surface area (Å²) in [7, 11) is 0. The molecule has 12 heteroatoms. The van der Waals surface area contributed by atoms with Gasteiger partial charge in [0.05, 0.1) is 0 Å². The summed E-state index contributed by atoms with van der Waals surface area (Å²) in [5.74, 6) is -1.48. The molecule has 36 heavy (non-hydrogen) atoms. The molecular formula is C24H23N5O6S.